The monoisotopic (exact) mass is 424 g/mol. The maximum Gasteiger partial charge on any atom is 0.241 e. The number of imide groups is 1. The van der Waals surface area contributed by atoms with Crippen molar-refractivity contribution in [3.05, 3.63) is 29.8 Å². The standard InChI is InChI=1S/C25H32N2O4/c1-31-21-11-9-18(10-12-21)25(14-22(28)26-16-17-5-4-8-20(26)13-17)15-23(29)27(24(25)30)19-6-2-3-7-19/h9-12,17,19-20H,2-8,13-16H2,1H3/t17-,20-,25-/m1/s1. The van der Waals surface area contributed by atoms with E-state index in [0.29, 0.717) is 17.7 Å². The van der Waals surface area contributed by atoms with Gasteiger partial charge in [-0.05, 0) is 55.7 Å². The first kappa shape index (κ1) is 20.5. The first-order valence-corrected chi connectivity index (χ1v) is 11.8. The fourth-order valence-electron chi connectivity index (χ4n) is 6.47. The molecule has 6 nitrogen and oxygen atoms in total. The van der Waals surface area contributed by atoms with Crippen LogP contribution in [0.5, 0.6) is 5.75 Å². The normalized spacial score (nSPS) is 31.0. The molecule has 2 saturated heterocycles. The van der Waals surface area contributed by atoms with Crippen molar-refractivity contribution in [2.24, 2.45) is 5.92 Å². The summed E-state index contributed by atoms with van der Waals surface area (Å²) in [6.45, 7) is 0.802. The summed E-state index contributed by atoms with van der Waals surface area (Å²) in [4.78, 5) is 44.1. The fraction of sp³-hybridized carbons (Fsp3) is 0.640. The van der Waals surface area contributed by atoms with Crippen molar-refractivity contribution < 1.29 is 19.1 Å². The van der Waals surface area contributed by atoms with E-state index >= 15 is 0 Å². The van der Waals surface area contributed by atoms with Crippen molar-refractivity contribution in [3.8, 4) is 5.75 Å². The number of rotatable bonds is 5. The van der Waals surface area contributed by atoms with Crippen LogP contribution in [0.15, 0.2) is 24.3 Å². The molecule has 31 heavy (non-hydrogen) atoms. The number of likely N-dealkylation sites (tertiary alicyclic amines) is 2. The maximum atomic E-state index is 13.9. The molecule has 2 heterocycles. The molecule has 5 rings (SSSR count). The van der Waals surface area contributed by atoms with Gasteiger partial charge in [-0.15, -0.1) is 0 Å². The highest BCUT2D eigenvalue weighted by Crippen LogP contribution is 2.45. The summed E-state index contributed by atoms with van der Waals surface area (Å²) < 4.78 is 5.29. The van der Waals surface area contributed by atoms with Crippen LogP contribution in [-0.4, -0.2) is 53.3 Å². The summed E-state index contributed by atoms with van der Waals surface area (Å²) in [5, 5.41) is 0. The highest BCUT2D eigenvalue weighted by Gasteiger charge is 2.56. The number of ether oxygens (including phenoxy) is 1. The third-order valence-corrected chi connectivity index (χ3v) is 8.11. The number of benzene rings is 1. The molecule has 0 unspecified atom stereocenters. The summed E-state index contributed by atoms with van der Waals surface area (Å²) in [5.74, 6) is 1.02. The van der Waals surface area contributed by atoms with Gasteiger partial charge in [-0.25, -0.2) is 0 Å². The van der Waals surface area contributed by atoms with E-state index < -0.39 is 5.41 Å². The lowest BCUT2D eigenvalue weighted by atomic mass is 9.75. The lowest BCUT2D eigenvalue weighted by Gasteiger charge is -2.32. The van der Waals surface area contributed by atoms with Crippen LogP contribution in [0.1, 0.15) is 69.8 Å². The zero-order valence-electron chi connectivity index (χ0n) is 18.3. The van der Waals surface area contributed by atoms with E-state index in [1.165, 1.54) is 17.7 Å². The van der Waals surface area contributed by atoms with Gasteiger partial charge in [0.15, 0.2) is 0 Å². The Morgan fingerprint density at radius 3 is 2.42 bits per heavy atom. The van der Waals surface area contributed by atoms with Gasteiger partial charge in [-0.1, -0.05) is 31.4 Å². The molecular weight excluding hydrogens is 392 g/mol. The average molecular weight is 425 g/mol. The summed E-state index contributed by atoms with van der Waals surface area (Å²) in [5.41, 5.74) is -0.345. The molecule has 4 aliphatic rings. The third-order valence-electron chi connectivity index (χ3n) is 8.11. The van der Waals surface area contributed by atoms with Crippen molar-refractivity contribution in [3.63, 3.8) is 0 Å². The first-order valence-electron chi connectivity index (χ1n) is 11.8. The van der Waals surface area contributed by atoms with Crippen molar-refractivity contribution in [1.82, 2.24) is 9.80 Å². The van der Waals surface area contributed by atoms with Crippen LogP contribution in [0.2, 0.25) is 0 Å². The fourth-order valence-corrected chi connectivity index (χ4v) is 6.47. The lowest BCUT2D eigenvalue weighted by Crippen LogP contribution is -2.46. The zero-order chi connectivity index (χ0) is 21.6. The number of nitrogens with zero attached hydrogens (tertiary/aromatic N) is 2. The Morgan fingerprint density at radius 2 is 1.74 bits per heavy atom. The molecule has 3 amide bonds. The molecule has 1 aromatic carbocycles. The molecule has 166 valence electrons. The van der Waals surface area contributed by atoms with Gasteiger partial charge in [0.05, 0.1) is 12.5 Å². The highest BCUT2D eigenvalue weighted by molar-refractivity contribution is 6.11. The van der Waals surface area contributed by atoms with Crippen molar-refractivity contribution in [2.45, 2.75) is 81.7 Å². The third kappa shape index (κ3) is 3.44. The van der Waals surface area contributed by atoms with Crippen LogP contribution in [0.3, 0.4) is 0 Å². The largest absolute Gasteiger partial charge is 0.497 e. The van der Waals surface area contributed by atoms with Crippen LogP contribution in [0.25, 0.3) is 0 Å². The van der Waals surface area contributed by atoms with Crippen molar-refractivity contribution in [2.75, 3.05) is 13.7 Å². The molecule has 1 aromatic rings. The van der Waals surface area contributed by atoms with Gasteiger partial charge in [0.2, 0.25) is 17.7 Å². The predicted octanol–water partition coefficient (Wildman–Crippen LogP) is 3.43. The molecule has 0 N–H and O–H groups in total. The molecular formula is C25H32N2O4. The number of hydrogen-bond donors (Lipinski definition) is 0. The molecule has 2 aliphatic carbocycles. The Morgan fingerprint density at radius 1 is 1.03 bits per heavy atom. The van der Waals surface area contributed by atoms with Crippen LogP contribution in [0.4, 0.5) is 0 Å². The summed E-state index contributed by atoms with van der Waals surface area (Å²) >= 11 is 0. The number of carbonyl (C=O) groups excluding carboxylic acids is 3. The molecule has 0 aromatic heterocycles. The highest BCUT2D eigenvalue weighted by atomic mass is 16.5. The maximum absolute atomic E-state index is 13.9. The SMILES string of the molecule is COc1ccc([C@@]2(CC(=O)N3C[C@@H]4CCC[C@@H]3C4)CC(=O)N(C3CCCC3)C2=O)cc1. The van der Waals surface area contributed by atoms with Crippen LogP contribution >= 0.6 is 0 Å². The smallest absolute Gasteiger partial charge is 0.241 e. The number of hydrogen-bond acceptors (Lipinski definition) is 4. The molecule has 2 saturated carbocycles. The minimum Gasteiger partial charge on any atom is -0.497 e. The van der Waals surface area contributed by atoms with Gasteiger partial charge in [0.1, 0.15) is 5.75 Å². The Balaban J connectivity index is 1.48. The Labute approximate surface area is 183 Å². The first-order chi connectivity index (χ1) is 15.0. The summed E-state index contributed by atoms with van der Waals surface area (Å²) in [6.07, 6.45) is 8.52. The van der Waals surface area contributed by atoms with Gasteiger partial charge >= 0.3 is 0 Å². The van der Waals surface area contributed by atoms with E-state index in [-0.39, 0.29) is 36.6 Å². The minimum absolute atomic E-state index is 0.0128. The summed E-state index contributed by atoms with van der Waals surface area (Å²) in [6, 6.07) is 7.65. The van der Waals surface area contributed by atoms with Gasteiger partial charge in [0, 0.05) is 31.5 Å². The molecule has 6 heteroatoms. The average Bonchev–Trinajstić information content (AvgIpc) is 3.46. The molecule has 0 spiro atoms. The molecule has 2 bridgehead atoms. The van der Waals surface area contributed by atoms with E-state index in [0.717, 1.165) is 50.6 Å². The second kappa shape index (κ2) is 7.95. The number of fused-ring (bicyclic) bond motifs is 2. The van der Waals surface area contributed by atoms with Crippen LogP contribution in [0, 0.1) is 5.92 Å². The lowest BCUT2D eigenvalue weighted by molar-refractivity contribution is -0.145. The Kier molecular flexibility index (Phi) is 5.27. The molecule has 2 aliphatic heterocycles. The minimum atomic E-state index is -1.10. The van der Waals surface area contributed by atoms with E-state index in [4.69, 9.17) is 4.74 Å². The van der Waals surface area contributed by atoms with E-state index in [1.807, 2.05) is 29.2 Å². The van der Waals surface area contributed by atoms with Gasteiger partial charge < -0.3 is 9.64 Å². The van der Waals surface area contributed by atoms with E-state index in [1.54, 1.807) is 7.11 Å². The van der Waals surface area contributed by atoms with E-state index in [2.05, 4.69) is 0 Å². The van der Waals surface area contributed by atoms with E-state index in [9.17, 15) is 14.4 Å². The predicted molar refractivity (Wildman–Crippen MR) is 115 cm³/mol. The molecule has 4 fully saturated rings. The Bertz CT molecular complexity index is 876. The zero-order valence-corrected chi connectivity index (χ0v) is 18.3. The van der Waals surface area contributed by atoms with Crippen LogP contribution < -0.4 is 4.74 Å². The second-order valence-corrected chi connectivity index (χ2v) is 9.90. The number of carbonyl (C=O) groups is 3. The topological polar surface area (TPSA) is 66.9 Å². The van der Waals surface area contributed by atoms with Gasteiger partial charge in [0.25, 0.3) is 0 Å². The van der Waals surface area contributed by atoms with Crippen molar-refractivity contribution in [1.29, 1.82) is 0 Å². The molecule has 3 atom stereocenters. The number of amides is 3. The summed E-state index contributed by atoms with van der Waals surface area (Å²) in [7, 11) is 1.60. The number of methoxy groups -OCH3 is 1. The van der Waals surface area contributed by atoms with Gasteiger partial charge in [-0.3, -0.25) is 19.3 Å². The Hall–Kier alpha value is -2.37. The second-order valence-electron chi connectivity index (χ2n) is 9.90. The van der Waals surface area contributed by atoms with Gasteiger partial charge in [-0.2, -0.15) is 0 Å². The van der Waals surface area contributed by atoms with Crippen molar-refractivity contribution >= 4 is 17.7 Å². The quantitative estimate of drug-likeness (QED) is 0.680. The molecule has 0 radical (unpaired) electrons. The van der Waals surface area contributed by atoms with Crippen LogP contribution in [-0.2, 0) is 19.8 Å².